The van der Waals surface area contributed by atoms with Gasteiger partial charge in [-0.1, -0.05) is 6.07 Å². The minimum absolute atomic E-state index is 0.150. The minimum Gasteiger partial charge on any atom is -0.324 e. The molecule has 0 radical (unpaired) electrons. The lowest BCUT2D eigenvalue weighted by atomic mass is 10.1. The third-order valence-electron chi connectivity index (χ3n) is 4.95. The van der Waals surface area contributed by atoms with Crippen LogP contribution < -0.4 is 5.32 Å². The Morgan fingerprint density at radius 3 is 2.67 bits per heavy atom. The van der Waals surface area contributed by atoms with E-state index in [1.165, 1.54) is 0 Å². The highest BCUT2D eigenvalue weighted by molar-refractivity contribution is 7.73. The number of anilines is 2. The Morgan fingerprint density at radius 1 is 1.20 bits per heavy atom. The Bertz CT molecular complexity index is 1210. The van der Waals surface area contributed by atoms with E-state index in [9.17, 15) is 12.8 Å². The van der Waals surface area contributed by atoms with Gasteiger partial charge >= 0.3 is 0 Å². The van der Waals surface area contributed by atoms with Crippen LogP contribution in [0, 0.1) is 19.7 Å². The third-order valence-corrected chi connectivity index (χ3v) is 5.76. The summed E-state index contributed by atoms with van der Waals surface area (Å²) in [5.74, 6) is -0.0671. The average molecular weight is 428 g/mol. The number of benzene rings is 1. The molecule has 2 aromatic heterocycles. The van der Waals surface area contributed by atoms with Gasteiger partial charge in [-0.2, -0.15) is 13.4 Å². The van der Waals surface area contributed by atoms with Crippen LogP contribution in [-0.2, 0) is 16.8 Å². The molecule has 1 aliphatic rings. The van der Waals surface area contributed by atoms with Gasteiger partial charge in [0.15, 0.2) is 11.6 Å². The zero-order valence-corrected chi connectivity index (χ0v) is 17.6. The molecule has 0 bridgehead atoms. The van der Waals surface area contributed by atoms with Crippen molar-refractivity contribution in [2.45, 2.75) is 26.8 Å². The van der Waals surface area contributed by atoms with Crippen LogP contribution in [0.25, 0.3) is 5.82 Å². The Kier molecular flexibility index (Phi) is 5.65. The second-order valence-electron chi connectivity index (χ2n) is 7.53. The van der Waals surface area contributed by atoms with Gasteiger partial charge in [0, 0.05) is 37.7 Å². The normalized spacial score (nSPS) is 14.3. The van der Waals surface area contributed by atoms with Crippen molar-refractivity contribution in [3.63, 3.8) is 0 Å². The summed E-state index contributed by atoms with van der Waals surface area (Å²) in [5, 5.41) is 3.13. The van der Waals surface area contributed by atoms with Gasteiger partial charge in [0.2, 0.25) is 16.2 Å². The number of aromatic nitrogens is 3. The predicted octanol–water partition coefficient (Wildman–Crippen LogP) is 3.02. The molecule has 1 fully saturated rings. The summed E-state index contributed by atoms with van der Waals surface area (Å²) in [6.45, 7) is 5.74. The molecule has 3 aromatic rings. The van der Waals surface area contributed by atoms with Gasteiger partial charge in [0.1, 0.15) is 0 Å². The highest BCUT2D eigenvalue weighted by atomic mass is 32.2. The molecule has 0 spiro atoms. The Morgan fingerprint density at radius 2 is 1.97 bits per heavy atom. The number of likely N-dealkylation sites (tertiary alicyclic amines) is 1. The first-order valence-corrected chi connectivity index (χ1v) is 10.7. The minimum atomic E-state index is -2.12. The van der Waals surface area contributed by atoms with Crippen LogP contribution in [0.5, 0.6) is 0 Å². The fourth-order valence-electron chi connectivity index (χ4n) is 3.66. The maximum atomic E-state index is 14.4. The molecule has 0 unspecified atom stereocenters. The van der Waals surface area contributed by atoms with E-state index in [4.69, 9.17) is 0 Å². The van der Waals surface area contributed by atoms with Crippen LogP contribution in [0.4, 0.5) is 16.0 Å². The molecule has 4 rings (SSSR count). The highest BCUT2D eigenvalue weighted by Crippen LogP contribution is 2.20. The molecule has 0 saturated carbocycles. The fourth-order valence-corrected chi connectivity index (χ4v) is 4.21. The molecule has 1 saturated heterocycles. The van der Waals surface area contributed by atoms with Crippen LogP contribution in [-0.4, -0.2) is 45.8 Å². The van der Waals surface area contributed by atoms with Gasteiger partial charge in [0.05, 0.1) is 11.1 Å². The molecule has 1 aliphatic heterocycles. The SMILES string of the molecule is Cc1cc(C)cc(Nc2ncc(F)c(-n3ccc(CN4CCC(=S(=O)=O)C4)c3)n2)c1. The van der Waals surface area contributed by atoms with Gasteiger partial charge in [-0.15, -0.1) is 0 Å². The highest BCUT2D eigenvalue weighted by Gasteiger charge is 2.19. The van der Waals surface area contributed by atoms with Gasteiger partial charge in [-0.3, -0.25) is 4.90 Å². The molecular weight excluding hydrogens is 405 g/mol. The Balaban J connectivity index is 1.53. The van der Waals surface area contributed by atoms with Crippen molar-refractivity contribution in [2.24, 2.45) is 0 Å². The van der Waals surface area contributed by atoms with Crippen molar-refractivity contribution in [1.29, 1.82) is 0 Å². The largest absolute Gasteiger partial charge is 0.324 e. The maximum Gasteiger partial charge on any atom is 0.229 e. The second kappa shape index (κ2) is 8.37. The summed E-state index contributed by atoms with van der Waals surface area (Å²) in [5.41, 5.74) is 4.01. The Labute approximate surface area is 175 Å². The summed E-state index contributed by atoms with van der Waals surface area (Å²) in [6.07, 6.45) is 5.26. The molecule has 7 nitrogen and oxygen atoms in total. The predicted molar refractivity (Wildman–Crippen MR) is 114 cm³/mol. The quantitative estimate of drug-likeness (QED) is 0.631. The molecule has 9 heteroatoms. The van der Waals surface area contributed by atoms with E-state index in [0.717, 1.165) is 28.6 Å². The van der Waals surface area contributed by atoms with Crippen LogP contribution in [0.15, 0.2) is 42.9 Å². The Hall–Kier alpha value is -3.04. The van der Waals surface area contributed by atoms with Crippen molar-refractivity contribution < 1.29 is 12.8 Å². The lowest BCUT2D eigenvalue weighted by molar-refractivity contribution is 0.341. The van der Waals surface area contributed by atoms with E-state index < -0.39 is 16.1 Å². The third kappa shape index (κ3) is 4.58. The first-order chi connectivity index (χ1) is 14.4. The summed E-state index contributed by atoms with van der Waals surface area (Å²) >= 11 is 0. The zero-order chi connectivity index (χ0) is 21.3. The van der Waals surface area contributed by atoms with Crippen molar-refractivity contribution in [1.82, 2.24) is 19.4 Å². The topological polar surface area (TPSA) is 80.1 Å². The number of hydrogen-bond acceptors (Lipinski definition) is 6. The maximum absolute atomic E-state index is 14.4. The van der Waals surface area contributed by atoms with Gasteiger partial charge in [-0.05, 0) is 55.2 Å². The summed E-state index contributed by atoms with van der Waals surface area (Å²) in [7, 11) is -2.12. The van der Waals surface area contributed by atoms with Crippen LogP contribution >= 0.6 is 0 Å². The van der Waals surface area contributed by atoms with Crippen molar-refractivity contribution in [3.05, 3.63) is 65.4 Å². The van der Waals surface area contributed by atoms with Gasteiger partial charge < -0.3 is 9.88 Å². The lowest BCUT2D eigenvalue weighted by Gasteiger charge is -2.12. The molecule has 1 aromatic carbocycles. The number of hydrogen-bond donors (Lipinski definition) is 1. The average Bonchev–Trinajstić information content (AvgIpc) is 3.33. The number of rotatable bonds is 5. The molecule has 1 N–H and O–H groups in total. The van der Waals surface area contributed by atoms with Crippen molar-refractivity contribution in [2.75, 3.05) is 18.4 Å². The molecule has 3 heterocycles. The number of nitrogens with zero attached hydrogens (tertiary/aromatic N) is 4. The van der Waals surface area contributed by atoms with Gasteiger partial charge in [0.25, 0.3) is 0 Å². The summed E-state index contributed by atoms with van der Waals surface area (Å²) < 4.78 is 38.2. The van der Waals surface area contributed by atoms with Crippen LogP contribution in [0.2, 0.25) is 0 Å². The van der Waals surface area contributed by atoms with Gasteiger partial charge in [-0.25, -0.2) is 9.37 Å². The van der Waals surface area contributed by atoms with E-state index >= 15 is 0 Å². The van der Waals surface area contributed by atoms with Crippen LogP contribution in [0.3, 0.4) is 0 Å². The van der Waals surface area contributed by atoms with Crippen molar-refractivity contribution >= 4 is 26.8 Å². The molecule has 0 amide bonds. The molecule has 30 heavy (non-hydrogen) atoms. The van der Waals surface area contributed by atoms with E-state index in [2.05, 4.69) is 21.4 Å². The molecule has 0 atom stereocenters. The first kappa shape index (κ1) is 20.2. The standard InChI is InChI=1S/C21H22FN5O2S/c1-14-7-15(2)9-17(8-14)24-21-23-10-19(22)20(25-21)27-6-3-16(12-27)11-26-5-4-18(13-26)30(28)29/h3,6-10,12H,4-5,11,13H2,1-2H3,(H,23,24,25). The summed E-state index contributed by atoms with van der Waals surface area (Å²) in [4.78, 5) is 11.0. The zero-order valence-electron chi connectivity index (χ0n) is 16.8. The number of aryl methyl sites for hydroxylation is 2. The van der Waals surface area contributed by atoms with E-state index in [1.54, 1.807) is 17.0 Å². The fraction of sp³-hybridized carbons (Fsp3) is 0.286. The smallest absolute Gasteiger partial charge is 0.229 e. The molecule has 156 valence electrons. The molecular formula is C21H22FN5O2S. The summed E-state index contributed by atoms with van der Waals surface area (Å²) in [6, 6.07) is 7.90. The second-order valence-corrected chi connectivity index (χ2v) is 8.57. The van der Waals surface area contributed by atoms with E-state index in [-0.39, 0.29) is 5.82 Å². The monoisotopic (exact) mass is 427 g/mol. The van der Waals surface area contributed by atoms with E-state index in [1.807, 2.05) is 36.9 Å². The van der Waals surface area contributed by atoms with Crippen molar-refractivity contribution in [3.8, 4) is 5.82 Å². The number of nitrogens with one attached hydrogen (secondary N) is 1. The lowest BCUT2D eigenvalue weighted by Crippen LogP contribution is -2.20. The van der Waals surface area contributed by atoms with E-state index in [0.29, 0.717) is 36.9 Å². The first-order valence-electron chi connectivity index (χ1n) is 9.59. The molecule has 0 aliphatic carbocycles. The van der Waals surface area contributed by atoms with Crippen LogP contribution in [0.1, 0.15) is 23.1 Å². The number of halogens is 1.